The molecule has 1 N–H and O–H groups in total. The molecule has 0 aliphatic rings. The highest BCUT2D eigenvalue weighted by Crippen LogP contribution is 2.24. The number of nitrogens with one attached hydrogen (secondary N) is 1. The average Bonchev–Trinajstić information content (AvgIpc) is 2.78. The van der Waals surface area contributed by atoms with Crippen LogP contribution in [0.15, 0.2) is 29.4 Å². The number of Topliss-reactive ketones (excluding diaryl/α,β-unsaturated/α-hetero) is 1. The topological polar surface area (TPSA) is 72.0 Å². The van der Waals surface area contributed by atoms with Gasteiger partial charge in [-0.05, 0) is 26.0 Å². The van der Waals surface area contributed by atoms with Gasteiger partial charge >= 0.3 is 5.97 Å². The van der Waals surface area contributed by atoms with Gasteiger partial charge in [0.1, 0.15) is 0 Å². The first kappa shape index (κ1) is 13.6. The molecule has 1 heterocycles. The summed E-state index contributed by atoms with van der Waals surface area (Å²) in [7, 11) is 0. The molecule has 6 heteroatoms. The van der Waals surface area contributed by atoms with E-state index in [1.54, 1.807) is 6.92 Å². The highest BCUT2D eigenvalue weighted by atomic mass is 32.2. The molecule has 0 bridgehead atoms. The van der Waals surface area contributed by atoms with E-state index in [0.717, 1.165) is 22.8 Å². The van der Waals surface area contributed by atoms with Crippen LogP contribution in [0.1, 0.15) is 13.8 Å². The van der Waals surface area contributed by atoms with Crippen molar-refractivity contribution in [3.8, 4) is 0 Å². The highest BCUT2D eigenvalue weighted by molar-refractivity contribution is 8.01. The van der Waals surface area contributed by atoms with E-state index in [-0.39, 0.29) is 12.4 Å². The number of aromatic amines is 1. The predicted molar refractivity (Wildman–Crippen MR) is 73.1 cm³/mol. The van der Waals surface area contributed by atoms with Crippen LogP contribution in [-0.2, 0) is 14.3 Å². The van der Waals surface area contributed by atoms with Crippen molar-refractivity contribution in [2.75, 3.05) is 6.61 Å². The Morgan fingerprint density at radius 2 is 2.16 bits per heavy atom. The molecule has 0 saturated carbocycles. The third kappa shape index (κ3) is 3.14. The Bertz CT molecular complexity index is 576. The van der Waals surface area contributed by atoms with Gasteiger partial charge in [-0.15, -0.1) is 0 Å². The molecule has 0 aliphatic heterocycles. The molecule has 5 nitrogen and oxygen atoms in total. The van der Waals surface area contributed by atoms with Crippen molar-refractivity contribution < 1.29 is 14.3 Å². The second kappa shape index (κ2) is 5.88. The highest BCUT2D eigenvalue weighted by Gasteiger charge is 2.27. The summed E-state index contributed by atoms with van der Waals surface area (Å²) in [6.07, 6.45) is 0. The number of thioether (sulfide) groups is 1. The number of H-pyrrole nitrogens is 1. The molecule has 2 aromatic rings. The van der Waals surface area contributed by atoms with Gasteiger partial charge in [-0.25, -0.2) is 4.98 Å². The van der Waals surface area contributed by atoms with Crippen LogP contribution >= 0.6 is 11.8 Å². The lowest BCUT2D eigenvalue weighted by molar-refractivity contribution is -0.144. The number of nitrogens with zero attached hydrogens (tertiary/aromatic N) is 1. The van der Waals surface area contributed by atoms with Gasteiger partial charge in [0.05, 0.1) is 17.6 Å². The van der Waals surface area contributed by atoms with Crippen LogP contribution in [0.25, 0.3) is 11.0 Å². The number of esters is 1. The van der Waals surface area contributed by atoms with Crippen molar-refractivity contribution in [2.45, 2.75) is 24.3 Å². The summed E-state index contributed by atoms with van der Waals surface area (Å²) >= 11 is 1.08. The van der Waals surface area contributed by atoms with Gasteiger partial charge in [0.2, 0.25) is 0 Å². The number of hydrogen-bond donors (Lipinski definition) is 1. The zero-order valence-electron chi connectivity index (χ0n) is 10.7. The Hall–Kier alpha value is -1.82. The Morgan fingerprint density at radius 1 is 1.42 bits per heavy atom. The van der Waals surface area contributed by atoms with Crippen LogP contribution in [-0.4, -0.2) is 33.6 Å². The maximum atomic E-state index is 11.7. The number of para-hydroxylation sites is 2. The van der Waals surface area contributed by atoms with Crippen LogP contribution in [0.2, 0.25) is 0 Å². The molecule has 0 radical (unpaired) electrons. The number of carbonyl (C=O) groups is 2. The monoisotopic (exact) mass is 278 g/mol. The molecule has 1 aromatic carbocycles. The van der Waals surface area contributed by atoms with Crippen LogP contribution in [0.5, 0.6) is 0 Å². The van der Waals surface area contributed by atoms with E-state index in [2.05, 4.69) is 9.97 Å². The van der Waals surface area contributed by atoms with Gasteiger partial charge in [0.25, 0.3) is 0 Å². The molecule has 19 heavy (non-hydrogen) atoms. The molecular weight excluding hydrogens is 264 g/mol. The van der Waals surface area contributed by atoms with E-state index in [4.69, 9.17) is 4.74 Å². The second-order valence-corrected chi connectivity index (χ2v) is 5.01. The largest absolute Gasteiger partial charge is 0.465 e. The number of ether oxygens (including phenoxy) is 1. The third-order valence-electron chi connectivity index (χ3n) is 2.47. The number of rotatable bonds is 5. The minimum absolute atomic E-state index is 0.246. The maximum absolute atomic E-state index is 11.7. The quantitative estimate of drug-likeness (QED) is 0.515. The molecule has 0 amide bonds. The fourth-order valence-corrected chi connectivity index (χ4v) is 2.49. The zero-order valence-corrected chi connectivity index (χ0v) is 11.5. The standard InChI is InChI=1S/C13H14N2O3S/c1-3-18-12(17)11(8(2)16)19-13-14-9-6-4-5-7-10(9)15-13/h4-7,11H,3H2,1-2H3,(H,14,15). The molecular formula is C13H14N2O3S. The number of ketones is 1. The summed E-state index contributed by atoms with van der Waals surface area (Å²) in [4.78, 5) is 30.6. The van der Waals surface area contributed by atoms with Gasteiger partial charge in [-0.2, -0.15) is 0 Å². The van der Waals surface area contributed by atoms with Crippen molar-refractivity contribution in [3.63, 3.8) is 0 Å². The lowest BCUT2D eigenvalue weighted by atomic mass is 10.3. The van der Waals surface area contributed by atoms with Gasteiger partial charge in [-0.1, -0.05) is 23.9 Å². The van der Waals surface area contributed by atoms with Gasteiger partial charge in [0, 0.05) is 0 Å². The number of fused-ring (bicyclic) bond motifs is 1. The van der Waals surface area contributed by atoms with Crippen molar-refractivity contribution in [3.05, 3.63) is 24.3 Å². The number of imidazole rings is 1. The molecule has 2 rings (SSSR count). The number of aromatic nitrogens is 2. The number of carbonyl (C=O) groups excluding carboxylic acids is 2. The lowest BCUT2D eigenvalue weighted by Gasteiger charge is -2.09. The van der Waals surface area contributed by atoms with Gasteiger partial charge in [0.15, 0.2) is 16.2 Å². The molecule has 1 atom stereocenters. The van der Waals surface area contributed by atoms with Crippen molar-refractivity contribution in [1.29, 1.82) is 0 Å². The van der Waals surface area contributed by atoms with Gasteiger partial charge in [-0.3, -0.25) is 9.59 Å². The summed E-state index contributed by atoms with van der Waals surface area (Å²) in [5.74, 6) is -0.774. The Labute approximate surface area is 114 Å². The Balaban J connectivity index is 2.21. The van der Waals surface area contributed by atoms with E-state index in [9.17, 15) is 9.59 Å². The fourth-order valence-electron chi connectivity index (χ4n) is 1.61. The first-order valence-electron chi connectivity index (χ1n) is 5.90. The maximum Gasteiger partial charge on any atom is 0.327 e. The van der Waals surface area contributed by atoms with Crippen LogP contribution < -0.4 is 0 Å². The van der Waals surface area contributed by atoms with E-state index in [0.29, 0.717) is 5.16 Å². The summed E-state index contributed by atoms with van der Waals surface area (Å²) in [5.41, 5.74) is 1.67. The fraction of sp³-hybridized carbons (Fsp3) is 0.308. The van der Waals surface area contributed by atoms with E-state index >= 15 is 0 Å². The zero-order chi connectivity index (χ0) is 13.8. The third-order valence-corrected chi connectivity index (χ3v) is 3.64. The molecule has 1 aromatic heterocycles. The first-order chi connectivity index (χ1) is 9.11. The lowest BCUT2D eigenvalue weighted by Crippen LogP contribution is -2.27. The summed E-state index contributed by atoms with van der Waals surface area (Å²) in [6, 6.07) is 7.52. The van der Waals surface area contributed by atoms with E-state index in [1.165, 1.54) is 6.92 Å². The van der Waals surface area contributed by atoms with Crippen molar-refractivity contribution >= 4 is 34.5 Å². The Kier molecular flexibility index (Phi) is 4.21. The van der Waals surface area contributed by atoms with E-state index in [1.807, 2.05) is 24.3 Å². The summed E-state index contributed by atoms with van der Waals surface area (Å²) < 4.78 is 4.89. The summed E-state index contributed by atoms with van der Waals surface area (Å²) in [5, 5.41) is -0.338. The van der Waals surface area contributed by atoms with E-state index < -0.39 is 11.2 Å². The molecule has 0 fully saturated rings. The first-order valence-corrected chi connectivity index (χ1v) is 6.78. The second-order valence-electron chi connectivity index (χ2n) is 3.92. The molecule has 0 spiro atoms. The minimum atomic E-state index is -0.875. The average molecular weight is 278 g/mol. The minimum Gasteiger partial charge on any atom is -0.465 e. The number of benzene rings is 1. The SMILES string of the molecule is CCOC(=O)C(Sc1nc2ccccc2[nH]1)C(C)=O. The van der Waals surface area contributed by atoms with Crippen molar-refractivity contribution in [1.82, 2.24) is 9.97 Å². The predicted octanol–water partition coefficient (Wildman–Crippen LogP) is 2.18. The summed E-state index contributed by atoms with van der Waals surface area (Å²) in [6.45, 7) is 3.33. The Morgan fingerprint density at radius 3 is 2.79 bits per heavy atom. The smallest absolute Gasteiger partial charge is 0.327 e. The molecule has 1 unspecified atom stereocenters. The molecule has 0 aliphatic carbocycles. The van der Waals surface area contributed by atoms with Gasteiger partial charge < -0.3 is 9.72 Å². The molecule has 0 saturated heterocycles. The molecule has 100 valence electrons. The van der Waals surface area contributed by atoms with Crippen molar-refractivity contribution in [2.24, 2.45) is 0 Å². The normalized spacial score (nSPS) is 12.3. The van der Waals surface area contributed by atoms with Crippen LogP contribution in [0.4, 0.5) is 0 Å². The number of hydrogen-bond acceptors (Lipinski definition) is 5. The van der Waals surface area contributed by atoms with Crippen LogP contribution in [0.3, 0.4) is 0 Å². The van der Waals surface area contributed by atoms with Crippen LogP contribution in [0, 0.1) is 0 Å².